The molecule has 1 saturated heterocycles. The van der Waals surface area contributed by atoms with Gasteiger partial charge in [0.15, 0.2) is 5.16 Å². The fraction of sp³-hybridized carbons (Fsp3) is 0.333. The van der Waals surface area contributed by atoms with Crippen molar-refractivity contribution in [1.29, 1.82) is 0 Å². The Bertz CT molecular complexity index is 1340. The van der Waals surface area contributed by atoms with Crippen LogP contribution in [0.3, 0.4) is 0 Å². The Hall–Kier alpha value is -2.89. The highest BCUT2D eigenvalue weighted by atomic mass is 32.2. The van der Waals surface area contributed by atoms with Crippen LogP contribution in [0.2, 0.25) is 0 Å². The number of hydrogen-bond acceptors (Lipinski definition) is 8. The molecule has 4 aromatic rings. The lowest BCUT2D eigenvalue weighted by Gasteiger charge is -2.13. The van der Waals surface area contributed by atoms with E-state index in [0.29, 0.717) is 40.2 Å². The third-order valence-corrected chi connectivity index (χ3v) is 7.10. The first-order chi connectivity index (χ1) is 15.6. The van der Waals surface area contributed by atoms with Crippen LogP contribution in [0.15, 0.2) is 45.7 Å². The standard InChI is InChI=1S/C21H21N5O4S2/c1-29-14-5-2-4-13(10-14)22-17(27)12-32-21-24-23-20-25(11-15-6-3-8-30-15)19(28)18-16(26(20)21)7-9-31-18/h2,4-5,7,9-10,15H,3,6,8,11-12H2,1H3,(H,22,27)/t15-/m1/s1. The minimum Gasteiger partial charge on any atom is -0.497 e. The lowest BCUT2D eigenvalue weighted by Crippen LogP contribution is -2.28. The Kier molecular flexibility index (Phi) is 5.85. The van der Waals surface area contributed by atoms with E-state index in [1.54, 1.807) is 23.8 Å². The summed E-state index contributed by atoms with van der Waals surface area (Å²) in [6.45, 7) is 1.16. The van der Waals surface area contributed by atoms with E-state index in [2.05, 4.69) is 15.5 Å². The van der Waals surface area contributed by atoms with Crippen LogP contribution in [-0.4, -0.2) is 50.6 Å². The van der Waals surface area contributed by atoms with Crippen LogP contribution in [0, 0.1) is 0 Å². The Balaban J connectivity index is 1.41. The summed E-state index contributed by atoms with van der Waals surface area (Å²) in [6.07, 6.45) is 1.91. The maximum atomic E-state index is 13.1. The number of ether oxygens (including phenoxy) is 2. The molecule has 11 heteroatoms. The van der Waals surface area contributed by atoms with E-state index in [0.717, 1.165) is 18.4 Å². The second-order valence-corrected chi connectivity index (χ2v) is 9.23. The van der Waals surface area contributed by atoms with E-state index in [-0.39, 0.29) is 23.3 Å². The third-order valence-electron chi connectivity index (χ3n) is 5.28. The van der Waals surface area contributed by atoms with Crippen LogP contribution >= 0.6 is 23.1 Å². The van der Waals surface area contributed by atoms with Gasteiger partial charge in [0.2, 0.25) is 11.7 Å². The SMILES string of the molecule is COc1cccc(NC(=O)CSc2nnc3n(C[C@H]4CCCO4)c(=O)c4sccc4n23)c1. The normalized spacial score (nSPS) is 16.1. The van der Waals surface area contributed by atoms with E-state index < -0.39 is 0 Å². The molecule has 0 radical (unpaired) electrons. The van der Waals surface area contributed by atoms with Crippen molar-refractivity contribution in [1.82, 2.24) is 19.2 Å². The molecule has 32 heavy (non-hydrogen) atoms. The summed E-state index contributed by atoms with van der Waals surface area (Å²) in [6, 6.07) is 9.07. The number of fused-ring (bicyclic) bond motifs is 3. The number of aromatic nitrogens is 4. The van der Waals surface area contributed by atoms with Gasteiger partial charge in [0.1, 0.15) is 10.4 Å². The van der Waals surface area contributed by atoms with Gasteiger partial charge in [0.25, 0.3) is 5.56 Å². The molecule has 0 saturated carbocycles. The van der Waals surface area contributed by atoms with Gasteiger partial charge in [-0.05, 0) is 36.4 Å². The van der Waals surface area contributed by atoms with Crippen LogP contribution in [0.4, 0.5) is 5.69 Å². The maximum absolute atomic E-state index is 13.1. The Morgan fingerprint density at radius 2 is 2.28 bits per heavy atom. The number of methoxy groups -OCH3 is 1. The van der Waals surface area contributed by atoms with Crippen LogP contribution < -0.4 is 15.6 Å². The first-order valence-corrected chi connectivity index (χ1v) is 12.0. The Morgan fingerprint density at radius 3 is 3.09 bits per heavy atom. The minimum atomic E-state index is -0.172. The smallest absolute Gasteiger partial charge is 0.272 e. The molecule has 1 N–H and O–H groups in total. The maximum Gasteiger partial charge on any atom is 0.272 e. The molecular formula is C21H21N5O4S2. The van der Waals surface area contributed by atoms with Crippen molar-refractivity contribution in [2.45, 2.75) is 30.6 Å². The van der Waals surface area contributed by atoms with Crippen molar-refractivity contribution in [2.75, 3.05) is 24.8 Å². The average molecular weight is 472 g/mol. The molecule has 1 aliphatic heterocycles. The number of benzene rings is 1. The predicted molar refractivity (Wildman–Crippen MR) is 124 cm³/mol. The van der Waals surface area contributed by atoms with Gasteiger partial charge in [-0.25, -0.2) is 0 Å². The molecule has 0 bridgehead atoms. The highest BCUT2D eigenvalue weighted by Gasteiger charge is 2.23. The quantitative estimate of drug-likeness (QED) is 0.414. The molecule has 1 aromatic carbocycles. The summed E-state index contributed by atoms with van der Waals surface area (Å²) < 4.78 is 15.1. The second kappa shape index (κ2) is 8.93. The lowest BCUT2D eigenvalue weighted by molar-refractivity contribution is -0.113. The van der Waals surface area contributed by atoms with Crippen molar-refractivity contribution in [2.24, 2.45) is 0 Å². The lowest BCUT2D eigenvalue weighted by atomic mass is 10.2. The number of anilines is 1. The van der Waals surface area contributed by atoms with E-state index in [1.807, 2.05) is 28.0 Å². The summed E-state index contributed by atoms with van der Waals surface area (Å²) in [5.74, 6) is 1.11. The number of amides is 1. The molecule has 4 heterocycles. The number of carbonyl (C=O) groups excluding carboxylic acids is 1. The van der Waals surface area contributed by atoms with E-state index in [1.165, 1.54) is 23.1 Å². The molecule has 0 unspecified atom stereocenters. The third kappa shape index (κ3) is 3.98. The van der Waals surface area contributed by atoms with E-state index in [9.17, 15) is 9.59 Å². The zero-order chi connectivity index (χ0) is 22.1. The number of thiophene rings is 1. The van der Waals surface area contributed by atoms with Crippen molar-refractivity contribution >= 4 is 50.7 Å². The van der Waals surface area contributed by atoms with Crippen LogP contribution in [0.1, 0.15) is 12.8 Å². The molecule has 1 amide bonds. The second-order valence-electron chi connectivity index (χ2n) is 7.37. The molecule has 1 fully saturated rings. The fourth-order valence-corrected chi connectivity index (χ4v) is 5.34. The Morgan fingerprint density at radius 1 is 1.38 bits per heavy atom. The number of nitrogens with one attached hydrogen (secondary N) is 1. The molecule has 3 aromatic heterocycles. The number of nitrogens with zero attached hydrogens (tertiary/aromatic N) is 4. The first-order valence-electron chi connectivity index (χ1n) is 10.2. The molecule has 5 rings (SSSR count). The van der Waals surface area contributed by atoms with Gasteiger partial charge in [-0.15, -0.1) is 21.5 Å². The van der Waals surface area contributed by atoms with Gasteiger partial charge in [0.05, 0.1) is 31.0 Å². The molecular weight excluding hydrogens is 450 g/mol. The zero-order valence-electron chi connectivity index (χ0n) is 17.3. The Labute approximate surface area is 191 Å². The topological polar surface area (TPSA) is 99.8 Å². The summed E-state index contributed by atoms with van der Waals surface area (Å²) >= 11 is 2.67. The number of hydrogen-bond donors (Lipinski definition) is 1. The van der Waals surface area contributed by atoms with Crippen molar-refractivity contribution in [3.8, 4) is 5.75 Å². The van der Waals surface area contributed by atoms with Gasteiger partial charge in [-0.3, -0.25) is 18.6 Å². The molecule has 166 valence electrons. The van der Waals surface area contributed by atoms with Gasteiger partial charge < -0.3 is 14.8 Å². The van der Waals surface area contributed by atoms with Gasteiger partial charge >= 0.3 is 0 Å². The number of thioether (sulfide) groups is 1. The number of rotatable bonds is 7. The van der Waals surface area contributed by atoms with E-state index >= 15 is 0 Å². The van der Waals surface area contributed by atoms with Crippen LogP contribution in [0.5, 0.6) is 5.75 Å². The molecule has 0 aliphatic carbocycles. The highest BCUT2D eigenvalue weighted by molar-refractivity contribution is 7.99. The molecule has 1 atom stereocenters. The first kappa shape index (κ1) is 21.0. The minimum absolute atomic E-state index is 0.00430. The van der Waals surface area contributed by atoms with Gasteiger partial charge in [-0.1, -0.05) is 17.8 Å². The molecule has 1 aliphatic rings. The van der Waals surface area contributed by atoms with E-state index in [4.69, 9.17) is 9.47 Å². The van der Waals surface area contributed by atoms with Crippen molar-refractivity contribution in [3.63, 3.8) is 0 Å². The van der Waals surface area contributed by atoms with Crippen molar-refractivity contribution < 1.29 is 14.3 Å². The van der Waals surface area contributed by atoms with Crippen LogP contribution in [0.25, 0.3) is 16.0 Å². The van der Waals surface area contributed by atoms with Gasteiger partial charge in [0, 0.05) is 18.4 Å². The summed E-state index contributed by atoms with van der Waals surface area (Å²) in [5.41, 5.74) is 1.32. The zero-order valence-corrected chi connectivity index (χ0v) is 18.9. The van der Waals surface area contributed by atoms with Crippen LogP contribution in [-0.2, 0) is 16.1 Å². The number of carbonyl (C=O) groups is 1. The molecule has 0 spiro atoms. The summed E-state index contributed by atoms with van der Waals surface area (Å²) in [4.78, 5) is 25.6. The largest absolute Gasteiger partial charge is 0.497 e. The van der Waals surface area contributed by atoms with Gasteiger partial charge in [-0.2, -0.15) is 0 Å². The monoisotopic (exact) mass is 471 g/mol. The average Bonchev–Trinajstić information content (AvgIpc) is 3.56. The molecule has 9 nitrogen and oxygen atoms in total. The summed E-state index contributed by atoms with van der Waals surface area (Å²) in [5, 5.41) is 13.9. The summed E-state index contributed by atoms with van der Waals surface area (Å²) in [7, 11) is 1.58. The van der Waals surface area contributed by atoms with Crippen molar-refractivity contribution in [3.05, 3.63) is 46.1 Å². The highest BCUT2D eigenvalue weighted by Crippen LogP contribution is 2.25. The fourth-order valence-electron chi connectivity index (χ4n) is 3.78. The predicted octanol–water partition coefficient (Wildman–Crippen LogP) is 3.02.